The zero-order valence-corrected chi connectivity index (χ0v) is 8.35. The molecule has 1 aliphatic carbocycles. The molecule has 2 rings (SSSR count). The predicted octanol–water partition coefficient (Wildman–Crippen LogP) is 1.91. The summed E-state index contributed by atoms with van der Waals surface area (Å²) in [5.74, 6) is 0. The molecule has 0 amide bonds. The molecule has 15 heavy (non-hydrogen) atoms. The Balaban J connectivity index is 2.15. The molecule has 0 aromatic heterocycles. The molecule has 4 nitrogen and oxygen atoms in total. The fourth-order valence-electron chi connectivity index (χ4n) is 1.78. The Kier molecular flexibility index (Phi) is 2.44. The van der Waals surface area contributed by atoms with Crippen molar-refractivity contribution in [3.63, 3.8) is 0 Å². The van der Waals surface area contributed by atoms with Gasteiger partial charge in [0.05, 0.1) is 4.92 Å². The highest BCUT2D eigenvalue weighted by Crippen LogP contribution is 2.47. The van der Waals surface area contributed by atoms with Gasteiger partial charge in [0.1, 0.15) is 0 Å². The summed E-state index contributed by atoms with van der Waals surface area (Å²) < 4.78 is 0. The van der Waals surface area contributed by atoms with E-state index in [1.165, 1.54) is 6.07 Å². The smallest absolute Gasteiger partial charge is 0.269 e. The Bertz CT molecular complexity index is 385. The Morgan fingerprint density at radius 3 is 2.73 bits per heavy atom. The molecule has 0 saturated heterocycles. The summed E-state index contributed by atoms with van der Waals surface area (Å²) in [6.07, 6.45) is 2.78. The molecular formula is C11H13NO3. The molecule has 1 aliphatic rings. The van der Waals surface area contributed by atoms with E-state index in [0.29, 0.717) is 0 Å². The lowest BCUT2D eigenvalue weighted by Crippen LogP contribution is -2.10. The summed E-state index contributed by atoms with van der Waals surface area (Å²) in [6, 6.07) is 6.65. The Morgan fingerprint density at radius 1 is 1.47 bits per heavy atom. The number of hydrogen-bond acceptors (Lipinski definition) is 3. The molecule has 0 bridgehead atoms. The number of aliphatic hydroxyl groups excluding tert-OH is 1. The van der Waals surface area contributed by atoms with Crippen molar-refractivity contribution in [1.29, 1.82) is 0 Å². The minimum Gasteiger partial charge on any atom is -0.396 e. The predicted molar refractivity (Wildman–Crippen MR) is 55.6 cm³/mol. The highest BCUT2D eigenvalue weighted by atomic mass is 16.6. The van der Waals surface area contributed by atoms with Crippen molar-refractivity contribution >= 4 is 5.69 Å². The van der Waals surface area contributed by atoms with Crippen LogP contribution in [0, 0.1) is 15.5 Å². The monoisotopic (exact) mass is 207 g/mol. The largest absolute Gasteiger partial charge is 0.396 e. The zero-order valence-electron chi connectivity index (χ0n) is 8.35. The summed E-state index contributed by atoms with van der Waals surface area (Å²) in [4.78, 5) is 10.2. The van der Waals surface area contributed by atoms with Crippen LogP contribution in [0.15, 0.2) is 24.3 Å². The SMILES string of the molecule is O=[N+]([O-])c1cccc(CC2(CO)CC2)c1. The van der Waals surface area contributed by atoms with Gasteiger partial charge in [-0.25, -0.2) is 0 Å². The van der Waals surface area contributed by atoms with Crippen molar-refractivity contribution in [2.24, 2.45) is 5.41 Å². The van der Waals surface area contributed by atoms with Gasteiger partial charge >= 0.3 is 0 Å². The van der Waals surface area contributed by atoms with Gasteiger partial charge in [-0.1, -0.05) is 12.1 Å². The molecule has 0 atom stereocenters. The number of nitro groups is 1. The van der Waals surface area contributed by atoms with Gasteiger partial charge in [-0.05, 0) is 30.2 Å². The molecule has 1 fully saturated rings. The van der Waals surface area contributed by atoms with Crippen LogP contribution in [0.1, 0.15) is 18.4 Å². The molecule has 4 heteroatoms. The maximum Gasteiger partial charge on any atom is 0.269 e. The molecule has 0 spiro atoms. The fraction of sp³-hybridized carbons (Fsp3) is 0.455. The molecular weight excluding hydrogens is 194 g/mol. The van der Waals surface area contributed by atoms with Crippen LogP contribution in [-0.4, -0.2) is 16.6 Å². The van der Waals surface area contributed by atoms with Gasteiger partial charge in [0.25, 0.3) is 5.69 Å². The summed E-state index contributed by atoms with van der Waals surface area (Å²) in [5, 5.41) is 19.7. The maximum absolute atomic E-state index is 10.6. The average molecular weight is 207 g/mol. The van der Waals surface area contributed by atoms with E-state index in [0.717, 1.165) is 24.8 Å². The van der Waals surface area contributed by atoms with Gasteiger partial charge < -0.3 is 5.11 Å². The van der Waals surface area contributed by atoms with Crippen LogP contribution < -0.4 is 0 Å². The molecule has 0 aliphatic heterocycles. The number of hydrogen-bond donors (Lipinski definition) is 1. The van der Waals surface area contributed by atoms with Crippen LogP contribution in [0.2, 0.25) is 0 Å². The van der Waals surface area contributed by atoms with Gasteiger partial charge in [0.15, 0.2) is 0 Å². The van der Waals surface area contributed by atoms with Crippen LogP contribution in [0.5, 0.6) is 0 Å². The van der Waals surface area contributed by atoms with Gasteiger partial charge in [0.2, 0.25) is 0 Å². The van der Waals surface area contributed by atoms with E-state index in [4.69, 9.17) is 5.11 Å². The number of nitrogens with zero attached hydrogens (tertiary/aromatic N) is 1. The molecule has 0 unspecified atom stereocenters. The third-order valence-electron chi connectivity index (χ3n) is 2.99. The summed E-state index contributed by atoms with van der Waals surface area (Å²) in [6.45, 7) is 0.176. The van der Waals surface area contributed by atoms with Crippen LogP contribution >= 0.6 is 0 Å². The molecule has 1 N–H and O–H groups in total. The lowest BCUT2D eigenvalue weighted by molar-refractivity contribution is -0.384. The van der Waals surface area contributed by atoms with Crippen LogP contribution in [-0.2, 0) is 6.42 Å². The molecule has 1 saturated carbocycles. The first-order valence-electron chi connectivity index (χ1n) is 4.99. The highest BCUT2D eigenvalue weighted by Gasteiger charge is 2.41. The van der Waals surface area contributed by atoms with E-state index in [-0.39, 0.29) is 22.6 Å². The van der Waals surface area contributed by atoms with Crippen molar-refractivity contribution < 1.29 is 10.0 Å². The number of benzene rings is 1. The first kappa shape index (κ1) is 10.1. The number of rotatable bonds is 4. The van der Waals surface area contributed by atoms with E-state index in [9.17, 15) is 10.1 Å². The summed E-state index contributed by atoms with van der Waals surface area (Å²) >= 11 is 0. The molecule has 80 valence electrons. The van der Waals surface area contributed by atoms with Crippen LogP contribution in [0.3, 0.4) is 0 Å². The van der Waals surface area contributed by atoms with E-state index in [1.54, 1.807) is 12.1 Å². The summed E-state index contributed by atoms with van der Waals surface area (Å²) in [7, 11) is 0. The second-order valence-corrected chi connectivity index (χ2v) is 4.26. The van der Waals surface area contributed by atoms with E-state index < -0.39 is 0 Å². The molecule has 0 radical (unpaired) electrons. The minimum absolute atomic E-state index is 0.00915. The highest BCUT2D eigenvalue weighted by molar-refractivity contribution is 5.35. The van der Waals surface area contributed by atoms with Crippen molar-refractivity contribution in [1.82, 2.24) is 0 Å². The van der Waals surface area contributed by atoms with Gasteiger partial charge in [-0.2, -0.15) is 0 Å². The van der Waals surface area contributed by atoms with Crippen LogP contribution in [0.4, 0.5) is 5.69 Å². The minimum atomic E-state index is -0.387. The summed E-state index contributed by atoms with van der Waals surface area (Å²) in [5.41, 5.74) is 1.08. The van der Waals surface area contributed by atoms with Crippen molar-refractivity contribution in [3.8, 4) is 0 Å². The Morgan fingerprint density at radius 2 is 2.20 bits per heavy atom. The number of non-ortho nitro benzene ring substituents is 1. The number of aliphatic hydroxyl groups is 1. The first-order valence-corrected chi connectivity index (χ1v) is 4.99. The first-order chi connectivity index (χ1) is 7.15. The zero-order chi connectivity index (χ0) is 10.9. The quantitative estimate of drug-likeness (QED) is 0.606. The third kappa shape index (κ3) is 2.15. The van der Waals surface area contributed by atoms with Crippen molar-refractivity contribution in [2.75, 3.05) is 6.61 Å². The lowest BCUT2D eigenvalue weighted by atomic mass is 9.97. The van der Waals surface area contributed by atoms with E-state index >= 15 is 0 Å². The average Bonchev–Trinajstić information content (AvgIpc) is 2.99. The van der Waals surface area contributed by atoms with Crippen LogP contribution in [0.25, 0.3) is 0 Å². The third-order valence-corrected chi connectivity index (χ3v) is 2.99. The van der Waals surface area contributed by atoms with Crippen molar-refractivity contribution in [2.45, 2.75) is 19.3 Å². The van der Waals surface area contributed by atoms with E-state index in [2.05, 4.69) is 0 Å². The molecule has 1 aromatic carbocycles. The Hall–Kier alpha value is -1.42. The Labute approximate surface area is 87.7 Å². The topological polar surface area (TPSA) is 63.4 Å². The van der Waals surface area contributed by atoms with Gasteiger partial charge in [-0.3, -0.25) is 10.1 Å². The van der Waals surface area contributed by atoms with E-state index in [1.807, 2.05) is 6.07 Å². The molecule has 0 heterocycles. The van der Waals surface area contributed by atoms with Gasteiger partial charge in [0, 0.05) is 18.7 Å². The molecule has 1 aromatic rings. The standard InChI is InChI=1S/C11H13NO3/c13-8-11(4-5-11)7-9-2-1-3-10(6-9)12(14)15/h1-3,6,13H,4-5,7-8H2. The fourth-order valence-corrected chi connectivity index (χ4v) is 1.78. The van der Waals surface area contributed by atoms with Gasteiger partial charge in [-0.15, -0.1) is 0 Å². The maximum atomic E-state index is 10.6. The normalized spacial score (nSPS) is 17.4. The second-order valence-electron chi connectivity index (χ2n) is 4.26. The van der Waals surface area contributed by atoms with Crippen molar-refractivity contribution in [3.05, 3.63) is 39.9 Å². The second kappa shape index (κ2) is 3.62. The lowest BCUT2D eigenvalue weighted by Gasteiger charge is -2.10. The number of nitro benzene ring substituents is 1.